The van der Waals surface area contributed by atoms with Gasteiger partial charge in [0.1, 0.15) is 11.2 Å². The molecule has 0 saturated heterocycles. The molecule has 2 aromatic heterocycles. The second kappa shape index (κ2) is 11.5. The van der Waals surface area contributed by atoms with Crippen LogP contribution in [0.4, 0.5) is 0 Å². The van der Waals surface area contributed by atoms with E-state index in [1.54, 1.807) is 84.9 Å². The maximum atomic E-state index is 12.3. The third kappa shape index (κ3) is 5.67. The number of carbonyl (C=O) groups excluding carboxylic acids is 2. The highest BCUT2D eigenvalue weighted by Crippen LogP contribution is 2.36. The minimum absolute atomic E-state index is 0.0691. The fourth-order valence-corrected chi connectivity index (χ4v) is 4.86. The van der Waals surface area contributed by atoms with Gasteiger partial charge in [-0.1, -0.05) is 55.1 Å². The van der Waals surface area contributed by atoms with E-state index in [9.17, 15) is 19.8 Å². The summed E-state index contributed by atoms with van der Waals surface area (Å²) < 4.78 is 12.5. The van der Waals surface area contributed by atoms with Crippen LogP contribution in [0.3, 0.4) is 0 Å². The van der Waals surface area contributed by atoms with Crippen molar-refractivity contribution in [2.75, 3.05) is 0 Å². The normalized spacial score (nSPS) is 10.9. The molecule has 6 nitrogen and oxygen atoms in total. The fraction of sp³-hybridized carbons (Fsp3) is 0. The van der Waals surface area contributed by atoms with Crippen LogP contribution >= 0.6 is 55.1 Å². The van der Waals surface area contributed by atoms with Gasteiger partial charge in [-0.15, -0.1) is 0 Å². The summed E-state index contributed by atoms with van der Waals surface area (Å²) in [4.78, 5) is 24.6. The average Bonchev–Trinajstić information content (AvgIpc) is 3.45. The largest absolute Gasteiger partial charge is 0.504 e. The Balaban J connectivity index is 0.000000161. The van der Waals surface area contributed by atoms with Gasteiger partial charge in [0, 0.05) is 30.1 Å². The fourth-order valence-electron chi connectivity index (χ4n) is 3.89. The smallest absolute Gasteiger partial charge is 0.232 e. The second-order valence-corrected chi connectivity index (χ2v) is 11.2. The Morgan fingerprint density at radius 3 is 1.27 bits per heavy atom. The number of hydrogen-bond acceptors (Lipinski definition) is 6. The molecule has 2 heterocycles. The number of rotatable bonds is 4. The topological polar surface area (TPSA) is 101 Å². The summed E-state index contributed by atoms with van der Waals surface area (Å²) in [5.41, 5.74) is 1.73. The number of ketones is 2. The van der Waals surface area contributed by atoms with Gasteiger partial charge >= 0.3 is 0 Å². The first-order chi connectivity index (χ1) is 19.1. The zero-order valence-electron chi connectivity index (χ0n) is 20.1. The molecular formula is C30H16Br2Cl2O6. The lowest BCUT2D eigenvalue weighted by Gasteiger charge is -1.98. The summed E-state index contributed by atoms with van der Waals surface area (Å²) in [5.74, 6) is -1.21. The lowest BCUT2D eigenvalue weighted by atomic mass is 10.1. The SMILES string of the molecule is O=C(c1ccc(Cl)cc1)c1oc2ccc(Br)cc2c1O.O=C(c1ccc(Cl)cc1)c1oc2ccc(Br)cc2c1O. The molecule has 6 rings (SSSR count). The van der Waals surface area contributed by atoms with Crippen LogP contribution in [0.5, 0.6) is 11.5 Å². The van der Waals surface area contributed by atoms with Crippen molar-refractivity contribution >= 4 is 88.6 Å². The molecule has 0 fully saturated rings. The van der Waals surface area contributed by atoms with E-state index in [1.165, 1.54) is 0 Å². The van der Waals surface area contributed by atoms with E-state index in [2.05, 4.69) is 31.9 Å². The van der Waals surface area contributed by atoms with Crippen molar-refractivity contribution in [2.45, 2.75) is 0 Å². The van der Waals surface area contributed by atoms with Crippen LogP contribution in [-0.4, -0.2) is 21.8 Å². The van der Waals surface area contributed by atoms with E-state index in [1.807, 2.05) is 0 Å². The van der Waals surface area contributed by atoms with Gasteiger partial charge in [-0.05, 0) is 84.9 Å². The Morgan fingerprint density at radius 1 is 0.575 bits per heavy atom. The van der Waals surface area contributed by atoms with Crippen molar-refractivity contribution in [1.29, 1.82) is 0 Å². The zero-order chi connectivity index (χ0) is 28.6. The average molecular weight is 703 g/mol. The van der Waals surface area contributed by atoms with Crippen molar-refractivity contribution in [1.82, 2.24) is 0 Å². The van der Waals surface area contributed by atoms with Gasteiger partial charge in [0.05, 0.1) is 10.8 Å². The molecule has 0 atom stereocenters. The summed E-state index contributed by atoms with van der Waals surface area (Å²) in [6.45, 7) is 0. The minimum atomic E-state index is -0.383. The molecule has 0 aliphatic carbocycles. The molecule has 6 aromatic rings. The van der Waals surface area contributed by atoms with E-state index in [0.29, 0.717) is 43.1 Å². The third-order valence-corrected chi connectivity index (χ3v) is 7.36. The summed E-state index contributed by atoms with van der Waals surface area (Å²) in [7, 11) is 0. The molecule has 0 aliphatic heterocycles. The highest BCUT2D eigenvalue weighted by atomic mass is 79.9. The number of benzene rings is 4. The Labute approximate surface area is 254 Å². The first-order valence-corrected chi connectivity index (χ1v) is 13.9. The molecule has 10 heteroatoms. The number of fused-ring (bicyclic) bond motifs is 2. The van der Waals surface area contributed by atoms with Gasteiger partial charge in [0.25, 0.3) is 0 Å². The van der Waals surface area contributed by atoms with Gasteiger partial charge in [-0.25, -0.2) is 0 Å². The summed E-state index contributed by atoms with van der Waals surface area (Å²) in [5, 5.41) is 22.4. The molecule has 0 aliphatic rings. The Hall–Kier alpha value is -3.56. The van der Waals surface area contributed by atoms with E-state index in [-0.39, 0.29) is 34.6 Å². The maximum Gasteiger partial charge on any atom is 0.232 e. The van der Waals surface area contributed by atoms with Crippen molar-refractivity contribution in [3.63, 3.8) is 0 Å². The van der Waals surface area contributed by atoms with E-state index in [0.717, 1.165) is 8.95 Å². The number of carbonyl (C=O) groups is 2. The molecule has 0 radical (unpaired) electrons. The first-order valence-electron chi connectivity index (χ1n) is 11.5. The van der Waals surface area contributed by atoms with Gasteiger partial charge in [-0.3, -0.25) is 9.59 Å². The van der Waals surface area contributed by atoms with E-state index < -0.39 is 0 Å². The van der Waals surface area contributed by atoms with Gasteiger partial charge in [0.2, 0.25) is 23.1 Å². The molecular weight excluding hydrogens is 687 g/mol. The van der Waals surface area contributed by atoms with Gasteiger partial charge < -0.3 is 19.0 Å². The standard InChI is InChI=1S/2C15H8BrClO3/c2*16-9-3-6-12-11(7-9)14(19)15(20-12)13(18)8-1-4-10(17)5-2-8/h2*1-7,19H. The lowest BCUT2D eigenvalue weighted by Crippen LogP contribution is -1.99. The Morgan fingerprint density at radius 2 is 0.925 bits per heavy atom. The quantitative estimate of drug-likeness (QED) is 0.178. The van der Waals surface area contributed by atoms with Crippen molar-refractivity contribution in [3.05, 3.63) is 127 Å². The summed E-state index contributed by atoms with van der Waals surface area (Å²) in [6.07, 6.45) is 0. The predicted molar refractivity (Wildman–Crippen MR) is 161 cm³/mol. The highest BCUT2D eigenvalue weighted by molar-refractivity contribution is 9.10. The van der Waals surface area contributed by atoms with E-state index in [4.69, 9.17) is 32.0 Å². The summed E-state index contributed by atoms with van der Waals surface area (Å²) >= 11 is 18.2. The van der Waals surface area contributed by atoms with Crippen LogP contribution in [-0.2, 0) is 0 Å². The van der Waals surface area contributed by atoms with Gasteiger partial charge in [0.15, 0.2) is 11.5 Å². The van der Waals surface area contributed by atoms with Crippen LogP contribution in [0.15, 0.2) is 103 Å². The Bertz CT molecular complexity index is 1750. The molecule has 4 aromatic carbocycles. The number of halogens is 4. The predicted octanol–water partition coefficient (Wildman–Crippen LogP) is 9.57. The Kier molecular flexibility index (Phi) is 8.05. The minimum Gasteiger partial charge on any atom is -0.504 e. The molecule has 200 valence electrons. The zero-order valence-corrected chi connectivity index (χ0v) is 24.8. The number of aromatic hydroxyl groups is 2. The van der Waals surface area contributed by atoms with Gasteiger partial charge in [-0.2, -0.15) is 0 Å². The number of hydrogen-bond donors (Lipinski definition) is 2. The van der Waals surface area contributed by atoms with Crippen molar-refractivity contribution in [3.8, 4) is 11.5 Å². The molecule has 0 spiro atoms. The monoisotopic (exact) mass is 700 g/mol. The van der Waals surface area contributed by atoms with Crippen molar-refractivity contribution < 1.29 is 28.6 Å². The van der Waals surface area contributed by atoms with Crippen molar-refractivity contribution in [2.24, 2.45) is 0 Å². The highest BCUT2D eigenvalue weighted by Gasteiger charge is 2.23. The van der Waals surface area contributed by atoms with E-state index >= 15 is 0 Å². The van der Waals surface area contributed by atoms with Crippen LogP contribution in [0, 0.1) is 0 Å². The first kappa shape index (κ1) is 28.0. The van der Waals surface area contributed by atoms with Crippen LogP contribution < -0.4 is 0 Å². The summed E-state index contributed by atoms with van der Waals surface area (Å²) in [6, 6.07) is 23.2. The van der Waals surface area contributed by atoms with Crippen LogP contribution in [0.25, 0.3) is 21.9 Å². The molecule has 0 saturated carbocycles. The molecule has 0 amide bonds. The molecule has 40 heavy (non-hydrogen) atoms. The lowest BCUT2D eigenvalue weighted by molar-refractivity contribution is 0.1000. The second-order valence-electron chi connectivity index (χ2n) is 8.51. The maximum absolute atomic E-state index is 12.3. The molecule has 0 unspecified atom stereocenters. The van der Waals surface area contributed by atoms with Crippen LogP contribution in [0.1, 0.15) is 32.2 Å². The number of furan rings is 2. The van der Waals surface area contributed by atoms with Crippen LogP contribution in [0.2, 0.25) is 10.0 Å². The molecule has 2 N–H and O–H groups in total. The molecule has 0 bridgehead atoms. The third-order valence-electron chi connectivity index (χ3n) is 5.87.